The van der Waals surface area contributed by atoms with E-state index in [1.54, 1.807) is 0 Å². The van der Waals surface area contributed by atoms with Gasteiger partial charge >= 0.3 is 14.6 Å². The lowest BCUT2D eigenvalue weighted by Gasteiger charge is -2.26. The van der Waals surface area contributed by atoms with Gasteiger partial charge in [0.05, 0.1) is 45.2 Å². The maximum absolute atomic E-state index is 11.5. The molecule has 0 radical (unpaired) electrons. The second kappa shape index (κ2) is 15.0. The van der Waals surface area contributed by atoms with Gasteiger partial charge in [-0.1, -0.05) is 0 Å². The second-order valence-corrected chi connectivity index (χ2v) is 7.89. The first-order chi connectivity index (χ1) is 15.0. The lowest BCUT2D eigenvalue weighted by atomic mass is 10.1. The van der Waals surface area contributed by atoms with Crippen molar-refractivity contribution in [2.45, 2.75) is 50.2 Å². The van der Waals surface area contributed by atoms with Crippen molar-refractivity contribution in [3.63, 3.8) is 0 Å². The number of rotatable bonds is 15. The Morgan fingerprint density at radius 2 is 1.87 bits per heavy atom. The molecule has 1 amide bonds. The first-order valence-corrected chi connectivity index (χ1v) is 11.3. The number of nitrogens with one attached hydrogen (secondary N) is 2. The molecule has 0 bridgehead atoms. The zero-order chi connectivity index (χ0) is 22.5. The molecule has 0 aliphatic carbocycles. The molecule has 0 aromatic heterocycles. The van der Waals surface area contributed by atoms with Gasteiger partial charge in [0.1, 0.15) is 12.3 Å². The van der Waals surface area contributed by atoms with Gasteiger partial charge in [-0.05, 0) is 6.42 Å². The lowest BCUT2D eigenvalue weighted by Crippen LogP contribution is -2.41. The van der Waals surface area contributed by atoms with Crippen LogP contribution in [0.25, 0.3) is 0 Å². The number of fused-ring (bicyclic) bond motifs is 1. The summed E-state index contributed by atoms with van der Waals surface area (Å²) in [5, 5.41) is 15.8. The molecule has 0 saturated carbocycles. The molecule has 14 heteroatoms. The van der Waals surface area contributed by atoms with E-state index in [0.29, 0.717) is 52.4 Å². The maximum Gasteiger partial charge on any atom is 0.330 e. The third-order valence-electron chi connectivity index (χ3n) is 4.61. The van der Waals surface area contributed by atoms with Crippen LogP contribution in [-0.4, -0.2) is 92.5 Å². The van der Waals surface area contributed by atoms with E-state index < -0.39 is 26.9 Å². The largest absolute Gasteiger partial charge is 0.378 e. The van der Waals surface area contributed by atoms with Gasteiger partial charge in [0.25, 0.3) is 0 Å². The lowest BCUT2D eigenvalue weighted by molar-refractivity contribution is -0.144. The van der Waals surface area contributed by atoms with Crippen LogP contribution in [0.5, 0.6) is 0 Å². The summed E-state index contributed by atoms with van der Waals surface area (Å²) in [7, 11) is -1.85. The molecule has 2 heterocycles. The van der Waals surface area contributed by atoms with Gasteiger partial charge in [0.15, 0.2) is 0 Å². The molecule has 13 nitrogen and oxygen atoms in total. The Bertz CT molecular complexity index is 546. The summed E-state index contributed by atoms with van der Waals surface area (Å²) in [4.78, 5) is 35.7. The second-order valence-electron chi connectivity index (χ2n) is 6.94. The van der Waals surface area contributed by atoms with Gasteiger partial charge in [-0.15, -0.1) is 0 Å². The third-order valence-corrected chi connectivity index (χ3v) is 5.43. The van der Waals surface area contributed by atoms with E-state index >= 15 is 0 Å². The molecule has 2 saturated heterocycles. The summed E-state index contributed by atoms with van der Waals surface area (Å²) in [5.41, 5.74) is 0. The van der Waals surface area contributed by atoms with Gasteiger partial charge < -0.3 is 43.4 Å². The smallest absolute Gasteiger partial charge is 0.330 e. The average molecular weight is 469 g/mol. The maximum atomic E-state index is 11.5. The Morgan fingerprint density at radius 1 is 1.13 bits per heavy atom. The van der Waals surface area contributed by atoms with E-state index in [1.165, 1.54) is 0 Å². The predicted molar refractivity (Wildman–Crippen MR) is 106 cm³/mol. The van der Waals surface area contributed by atoms with Gasteiger partial charge in [-0.2, -0.15) is 5.90 Å². The van der Waals surface area contributed by atoms with Crippen molar-refractivity contribution >= 4 is 20.5 Å². The Morgan fingerprint density at radius 3 is 2.61 bits per heavy atom. The molecular weight excluding hydrogens is 437 g/mol. The van der Waals surface area contributed by atoms with Gasteiger partial charge in [0.2, 0.25) is 5.91 Å². The highest BCUT2D eigenvalue weighted by atomic mass is 31.2. The zero-order valence-electron chi connectivity index (χ0n) is 17.3. The number of aliphatic hydroxyl groups is 1. The van der Waals surface area contributed by atoms with E-state index in [-0.39, 0.29) is 37.6 Å². The highest BCUT2D eigenvalue weighted by Gasteiger charge is 2.44. The van der Waals surface area contributed by atoms with E-state index in [9.17, 15) is 19.6 Å². The quantitative estimate of drug-likeness (QED) is 0.0805. The van der Waals surface area contributed by atoms with Gasteiger partial charge in [-0.25, -0.2) is 0 Å². The average Bonchev–Trinajstić information content (AvgIpc) is 3.18. The highest BCUT2D eigenvalue weighted by molar-refractivity contribution is 7.40. The fraction of sp³-hybridized carbons (Fsp3) is 0.882. The molecule has 6 N–H and O–H groups in total. The summed E-state index contributed by atoms with van der Waals surface area (Å²) >= 11 is 0. The molecule has 2 aliphatic heterocycles. The first kappa shape index (κ1) is 26.3. The molecular formula is C17H32N3O10P. The van der Waals surface area contributed by atoms with Crippen LogP contribution in [0, 0.1) is 0 Å². The van der Waals surface area contributed by atoms with Crippen molar-refractivity contribution < 1.29 is 47.7 Å². The number of aliphatic hydroxyl groups excluding tert-OH is 1. The van der Waals surface area contributed by atoms with E-state index in [0.717, 1.165) is 0 Å². The minimum absolute atomic E-state index is 0.104. The van der Waals surface area contributed by atoms with Crippen LogP contribution in [0.1, 0.15) is 25.7 Å². The molecule has 180 valence electrons. The summed E-state index contributed by atoms with van der Waals surface area (Å²) in [6.07, 6.45) is -0.677. The molecule has 31 heavy (non-hydrogen) atoms. The highest BCUT2D eigenvalue weighted by Crippen LogP contribution is 2.44. The van der Waals surface area contributed by atoms with Crippen LogP contribution >= 0.6 is 8.60 Å². The van der Waals surface area contributed by atoms with Crippen molar-refractivity contribution in [3.8, 4) is 0 Å². The number of carbonyl (C=O) groups is 2. The fourth-order valence-electron chi connectivity index (χ4n) is 3.03. The summed E-state index contributed by atoms with van der Waals surface area (Å²) in [5.74, 6) is 3.99. The van der Waals surface area contributed by atoms with Crippen LogP contribution in [0.4, 0.5) is 0 Å². The molecule has 2 fully saturated rings. The molecule has 2 rings (SSSR count). The van der Waals surface area contributed by atoms with Crippen LogP contribution in [0.2, 0.25) is 0 Å². The fourth-order valence-corrected chi connectivity index (χ4v) is 3.82. The molecule has 5 unspecified atom stereocenters. The normalized spacial score (nSPS) is 26.3. The number of hydrogen-bond acceptors (Lipinski definition) is 12. The van der Waals surface area contributed by atoms with Gasteiger partial charge in [-0.3, -0.25) is 14.9 Å². The van der Waals surface area contributed by atoms with Crippen molar-refractivity contribution in [1.82, 2.24) is 10.6 Å². The SMILES string of the molecule is NOC(=O)CCCC(=O)NCCOCCOCCNC(O)C1CC2OP(O)OCC2O1. The standard InChI is InChI=1S/C17H32N3O10P/c18-29-16(22)3-1-2-15(21)19-4-6-25-8-9-26-7-5-20-17(23)13-10-12-14(28-13)11-27-31(24)30-12/h12-14,17,20,23-24H,1-11,18H2,(H,19,21). The van der Waals surface area contributed by atoms with E-state index in [4.69, 9.17) is 29.2 Å². The van der Waals surface area contributed by atoms with Crippen LogP contribution in [0.15, 0.2) is 0 Å². The topological polar surface area (TPSA) is 180 Å². The Hall–Kier alpha value is -0.990. The minimum atomic E-state index is -1.85. The minimum Gasteiger partial charge on any atom is -0.378 e. The summed E-state index contributed by atoms with van der Waals surface area (Å²) in [6.45, 7) is 2.52. The monoisotopic (exact) mass is 469 g/mol. The number of hydrogen-bond donors (Lipinski definition) is 5. The Labute approximate surface area is 181 Å². The number of carbonyl (C=O) groups excluding carboxylic acids is 2. The molecule has 2 aliphatic rings. The van der Waals surface area contributed by atoms with Crippen molar-refractivity contribution in [1.29, 1.82) is 0 Å². The van der Waals surface area contributed by atoms with E-state index in [1.807, 2.05) is 0 Å². The number of nitrogens with two attached hydrogens (primary N) is 1. The predicted octanol–water partition coefficient (Wildman–Crippen LogP) is -1.58. The summed E-state index contributed by atoms with van der Waals surface area (Å²) in [6, 6.07) is 0. The van der Waals surface area contributed by atoms with Crippen LogP contribution in [0.3, 0.4) is 0 Å². The van der Waals surface area contributed by atoms with Gasteiger partial charge in [0, 0.05) is 32.4 Å². The Balaban J connectivity index is 1.37. The number of ether oxygens (including phenoxy) is 3. The zero-order valence-corrected chi connectivity index (χ0v) is 18.2. The van der Waals surface area contributed by atoms with Crippen molar-refractivity contribution in [3.05, 3.63) is 0 Å². The van der Waals surface area contributed by atoms with E-state index in [2.05, 4.69) is 15.5 Å². The van der Waals surface area contributed by atoms with Crippen LogP contribution < -0.4 is 16.5 Å². The number of amides is 1. The van der Waals surface area contributed by atoms with Crippen molar-refractivity contribution in [2.24, 2.45) is 5.90 Å². The third kappa shape index (κ3) is 10.4. The molecule has 0 aromatic carbocycles. The molecule has 0 spiro atoms. The van der Waals surface area contributed by atoms with Crippen LogP contribution in [-0.2, 0) is 37.7 Å². The molecule has 5 atom stereocenters. The summed E-state index contributed by atoms with van der Waals surface area (Å²) < 4.78 is 26.7. The van der Waals surface area contributed by atoms with Crippen molar-refractivity contribution in [2.75, 3.05) is 46.1 Å². The molecule has 0 aromatic rings. The first-order valence-electron chi connectivity index (χ1n) is 10.2. The Kier molecular flexibility index (Phi) is 12.7.